The molecule has 96 valence electrons. The van der Waals surface area contributed by atoms with Crippen LogP contribution in [0.2, 0.25) is 0 Å². The third kappa shape index (κ3) is 2.50. The summed E-state index contributed by atoms with van der Waals surface area (Å²) in [7, 11) is 0. The molecule has 1 amide bonds. The van der Waals surface area contributed by atoms with Crippen molar-refractivity contribution >= 4 is 5.91 Å². The molecule has 5 nitrogen and oxygen atoms in total. The zero-order valence-corrected chi connectivity index (χ0v) is 10.2. The lowest BCUT2D eigenvalue weighted by atomic mass is 9.85. The molecule has 1 saturated heterocycles. The number of carbonyl (C=O) groups is 1. The van der Waals surface area contributed by atoms with E-state index >= 15 is 0 Å². The molecule has 2 atom stereocenters. The smallest absolute Gasteiger partial charge is 0.227 e. The highest BCUT2D eigenvalue weighted by atomic mass is 16.3. The summed E-state index contributed by atoms with van der Waals surface area (Å²) in [6.45, 7) is 0.602. The normalized spacial score (nSPS) is 21.3. The van der Waals surface area contributed by atoms with E-state index < -0.39 is 11.8 Å². The molecule has 2 rings (SSSR count). The van der Waals surface area contributed by atoms with Crippen LogP contribution in [0.1, 0.15) is 30.7 Å². The van der Waals surface area contributed by atoms with Crippen molar-refractivity contribution in [3.63, 3.8) is 0 Å². The maximum atomic E-state index is 11.7. The summed E-state index contributed by atoms with van der Waals surface area (Å²) in [5, 5.41) is 4.50. The Morgan fingerprint density at radius 3 is 2.67 bits per heavy atom. The Hall–Kier alpha value is -1.91. The van der Waals surface area contributed by atoms with Gasteiger partial charge in [0.25, 0.3) is 0 Å². The highest BCUT2D eigenvalue weighted by Gasteiger charge is 2.34. The third-order valence-corrected chi connectivity index (χ3v) is 3.47. The van der Waals surface area contributed by atoms with Crippen molar-refractivity contribution in [3.8, 4) is 0 Å². The first-order valence-electron chi connectivity index (χ1n) is 6.18. The minimum absolute atomic E-state index is 0.212. The number of hydrogen-bond donors (Lipinski definition) is 1. The minimum atomic E-state index is -0.468. The van der Waals surface area contributed by atoms with Gasteiger partial charge in [-0.1, -0.05) is 30.3 Å². The fourth-order valence-electron chi connectivity index (χ4n) is 2.62. The average Bonchev–Trinajstić information content (AvgIpc) is 2.40. The number of nitrogens with two attached hydrogens (primary N) is 1. The molecule has 2 N–H and O–H groups in total. The largest absolute Gasteiger partial charge is 0.369 e. The molecule has 0 aromatic heterocycles. The van der Waals surface area contributed by atoms with E-state index in [1.807, 2.05) is 30.3 Å². The summed E-state index contributed by atoms with van der Waals surface area (Å²) in [6.07, 6.45) is 2.70. The molecule has 1 aliphatic rings. The van der Waals surface area contributed by atoms with E-state index in [-0.39, 0.29) is 6.04 Å². The van der Waals surface area contributed by atoms with Crippen LogP contribution in [0.5, 0.6) is 0 Å². The van der Waals surface area contributed by atoms with Crippen molar-refractivity contribution in [3.05, 3.63) is 40.8 Å². The van der Waals surface area contributed by atoms with Gasteiger partial charge in [-0.25, -0.2) is 0 Å². The van der Waals surface area contributed by atoms with E-state index in [0.29, 0.717) is 6.54 Å². The fourth-order valence-corrected chi connectivity index (χ4v) is 2.62. The molecule has 0 bridgehead atoms. The molecule has 0 radical (unpaired) electrons. The van der Waals surface area contributed by atoms with Gasteiger partial charge < -0.3 is 5.73 Å². The van der Waals surface area contributed by atoms with E-state index in [1.165, 1.54) is 5.01 Å². The Kier molecular flexibility index (Phi) is 3.92. The molecule has 1 aliphatic heterocycles. The number of nitroso groups, excluding NO2 is 1. The molecule has 0 spiro atoms. The second kappa shape index (κ2) is 5.62. The average molecular weight is 247 g/mol. The number of nitrogens with zero attached hydrogens (tertiary/aromatic N) is 2. The molecule has 0 aliphatic carbocycles. The number of piperidine rings is 1. The number of benzene rings is 1. The Labute approximate surface area is 106 Å². The highest BCUT2D eigenvalue weighted by Crippen LogP contribution is 2.30. The third-order valence-electron chi connectivity index (χ3n) is 3.47. The lowest BCUT2D eigenvalue weighted by Crippen LogP contribution is -2.44. The van der Waals surface area contributed by atoms with Crippen molar-refractivity contribution < 1.29 is 4.79 Å². The van der Waals surface area contributed by atoms with Crippen LogP contribution in [0.4, 0.5) is 0 Å². The lowest BCUT2D eigenvalue weighted by Gasteiger charge is -2.35. The number of hydrogen-bond acceptors (Lipinski definition) is 3. The van der Waals surface area contributed by atoms with Gasteiger partial charge in [-0.2, -0.15) is 0 Å². The zero-order chi connectivity index (χ0) is 13.0. The predicted octanol–water partition coefficient (Wildman–Crippen LogP) is 1.79. The molecule has 1 aromatic rings. The molecule has 0 saturated carbocycles. The van der Waals surface area contributed by atoms with Crippen LogP contribution in [-0.2, 0) is 4.79 Å². The number of amides is 1. The Balaban J connectivity index is 2.29. The maximum Gasteiger partial charge on any atom is 0.227 e. The van der Waals surface area contributed by atoms with Gasteiger partial charge in [0.2, 0.25) is 5.91 Å². The first-order chi connectivity index (χ1) is 8.74. The first-order valence-corrected chi connectivity index (χ1v) is 6.18. The van der Waals surface area contributed by atoms with Crippen molar-refractivity contribution in [2.45, 2.75) is 31.2 Å². The minimum Gasteiger partial charge on any atom is -0.369 e. The van der Waals surface area contributed by atoms with Crippen LogP contribution < -0.4 is 5.73 Å². The maximum absolute atomic E-state index is 11.7. The first kappa shape index (κ1) is 12.5. The van der Waals surface area contributed by atoms with E-state index in [1.54, 1.807) is 0 Å². The summed E-state index contributed by atoms with van der Waals surface area (Å²) < 4.78 is 0. The summed E-state index contributed by atoms with van der Waals surface area (Å²) in [5.41, 5.74) is 6.36. The van der Waals surface area contributed by atoms with Crippen molar-refractivity contribution in [1.82, 2.24) is 5.01 Å². The van der Waals surface area contributed by atoms with Crippen LogP contribution in [-0.4, -0.2) is 23.5 Å². The van der Waals surface area contributed by atoms with Gasteiger partial charge in [-0.3, -0.25) is 9.80 Å². The van der Waals surface area contributed by atoms with Gasteiger partial charge >= 0.3 is 0 Å². The van der Waals surface area contributed by atoms with Crippen LogP contribution in [0.25, 0.3) is 0 Å². The van der Waals surface area contributed by atoms with Crippen molar-refractivity contribution in [2.24, 2.45) is 11.0 Å². The van der Waals surface area contributed by atoms with E-state index in [0.717, 1.165) is 24.8 Å². The Morgan fingerprint density at radius 2 is 2.06 bits per heavy atom. The SMILES string of the molecule is NC(=O)C(c1ccccc1)C1CCCCN1N=O. The second-order valence-electron chi connectivity index (χ2n) is 4.60. The number of carbonyl (C=O) groups excluding carboxylic acids is 1. The van der Waals surface area contributed by atoms with Gasteiger partial charge in [-0.05, 0) is 24.8 Å². The van der Waals surface area contributed by atoms with Gasteiger partial charge in [0, 0.05) is 6.54 Å². The Morgan fingerprint density at radius 1 is 1.33 bits per heavy atom. The summed E-state index contributed by atoms with van der Waals surface area (Å²) in [5.74, 6) is -0.869. The van der Waals surface area contributed by atoms with Crippen LogP contribution in [0.15, 0.2) is 35.6 Å². The molecule has 1 fully saturated rings. The molecule has 18 heavy (non-hydrogen) atoms. The molecular weight excluding hydrogens is 230 g/mol. The molecular formula is C13H17N3O2. The molecule has 5 heteroatoms. The number of rotatable bonds is 4. The Bertz CT molecular complexity index is 422. The van der Waals surface area contributed by atoms with Crippen molar-refractivity contribution in [2.75, 3.05) is 6.54 Å². The van der Waals surface area contributed by atoms with E-state index in [4.69, 9.17) is 5.73 Å². The predicted molar refractivity (Wildman–Crippen MR) is 68.5 cm³/mol. The summed E-state index contributed by atoms with van der Waals surface area (Å²) >= 11 is 0. The van der Waals surface area contributed by atoms with E-state index in [9.17, 15) is 9.70 Å². The quantitative estimate of drug-likeness (QED) is 0.824. The topological polar surface area (TPSA) is 75.8 Å². The van der Waals surface area contributed by atoms with Gasteiger partial charge in [0.1, 0.15) is 0 Å². The summed E-state index contributed by atoms with van der Waals surface area (Å²) in [4.78, 5) is 22.6. The van der Waals surface area contributed by atoms with Crippen LogP contribution in [0.3, 0.4) is 0 Å². The van der Waals surface area contributed by atoms with Gasteiger partial charge in [0.15, 0.2) is 0 Å². The number of primary amides is 1. The van der Waals surface area contributed by atoms with Crippen LogP contribution >= 0.6 is 0 Å². The monoisotopic (exact) mass is 247 g/mol. The second-order valence-corrected chi connectivity index (χ2v) is 4.60. The lowest BCUT2D eigenvalue weighted by molar-refractivity contribution is -0.121. The van der Waals surface area contributed by atoms with Gasteiger partial charge in [0.05, 0.1) is 17.2 Å². The standard InChI is InChI=1S/C13H17N3O2/c14-13(17)12(10-6-2-1-3-7-10)11-8-4-5-9-16(11)15-18/h1-3,6-7,11-12H,4-5,8-9H2,(H2,14,17). The van der Waals surface area contributed by atoms with Crippen molar-refractivity contribution in [1.29, 1.82) is 0 Å². The van der Waals surface area contributed by atoms with E-state index in [2.05, 4.69) is 5.29 Å². The molecule has 1 aromatic carbocycles. The van der Waals surface area contributed by atoms with Crippen LogP contribution in [0, 0.1) is 4.91 Å². The van der Waals surface area contributed by atoms with Gasteiger partial charge in [-0.15, -0.1) is 4.91 Å². The highest BCUT2D eigenvalue weighted by molar-refractivity contribution is 5.82. The zero-order valence-electron chi connectivity index (χ0n) is 10.2. The molecule has 1 heterocycles. The fraction of sp³-hybridized carbons (Fsp3) is 0.462. The molecule has 2 unspecified atom stereocenters. The summed E-state index contributed by atoms with van der Waals surface area (Å²) in [6, 6.07) is 9.15.